The molecule has 92 valence electrons. The van der Waals surface area contributed by atoms with Gasteiger partial charge < -0.3 is 5.11 Å². The van der Waals surface area contributed by atoms with Crippen molar-refractivity contribution in [3.05, 3.63) is 12.7 Å². The van der Waals surface area contributed by atoms with Gasteiger partial charge in [-0.25, -0.2) is 0 Å². The average Bonchev–Trinajstić information content (AvgIpc) is 1.99. The van der Waals surface area contributed by atoms with Gasteiger partial charge >= 0.3 is 0 Å². The molecule has 0 aliphatic rings. The standard InChI is InChI=1S/C12H21NO3/c1-6-7-11(16)13(10(3)15)12(4,5)8-9(2)14/h6,9,14H,1,7-8H2,2-5H3. The van der Waals surface area contributed by atoms with Gasteiger partial charge in [-0.05, 0) is 27.2 Å². The SMILES string of the molecule is C=CCC(=O)N(C(C)=O)C(C)(C)CC(C)O. The number of imide groups is 1. The molecule has 0 aromatic carbocycles. The summed E-state index contributed by atoms with van der Waals surface area (Å²) in [4.78, 5) is 24.4. The molecule has 1 unspecified atom stereocenters. The highest BCUT2D eigenvalue weighted by Gasteiger charge is 2.34. The summed E-state index contributed by atoms with van der Waals surface area (Å²) in [5.41, 5.74) is -0.680. The van der Waals surface area contributed by atoms with Crippen molar-refractivity contribution in [1.82, 2.24) is 4.90 Å². The molecule has 0 rings (SSSR count). The van der Waals surface area contributed by atoms with Gasteiger partial charge in [0.15, 0.2) is 0 Å². The first-order valence-electron chi connectivity index (χ1n) is 5.35. The first-order valence-corrected chi connectivity index (χ1v) is 5.35. The third-order valence-electron chi connectivity index (χ3n) is 2.28. The molecule has 1 N–H and O–H groups in total. The average molecular weight is 227 g/mol. The smallest absolute Gasteiger partial charge is 0.233 e. The Bertz CT molecular complexity index is 282. The molecule has 0 heterocycles. The third kappa shape index (κ3) is 4.14. The van der Waals surface area contributed by atoms with Gasteiger partial charge in [-0.2, -0.15) is 0 Å². The van der Waals surface area contributed by atoms with Crippen molar-refractivity contribution >= 4 is 11.8 Å². The molecule has 0 fully saturated rings. The summed E-state index contributed by atoms with van der Waals surface area (Å²) in [6.45, 7) is 10.00. The number of amides is 2. The molecule has 0 radical (unpaired) electrons. The summed E-state index contributed by atoms with van der Waals surface area (Å²) in [5, 5.41) is 9.36. The minimum absolute atomic E-state index is 0.128. The fourth-order valence-corrected chi connectivity index (χ4v) is 1.97. The second-order valence-electron chi connectivity index (χ2n) is 4.61. The van der Waals surface area contributed by atoms with Crippen molar-refractivity contribution in [3.63, 3.8) is 0 Å². The normalized spacial score (nSPS) is 13.1. The summed E-state index contributed by atoms with van der Waals surface area (Å²) >= 11 is 0. The van der Waals surface area contributed by atoms with E-state index in [-0.39, 0.29) is 18.2 Å². The molecule has 4 heteroatoms. The van der Waals surface area contributed by atoms with Crippen LogP contribution in [0.2, 0.25) is 0 Å². The monoisotopic (exact) mass is 227 g/mol. The summed E-state index contributed by atoms with van der Waals surface area (Å²) < 4.78 is 0. The van der Waals surface area contributed by atoms with Gasteiger partial charge in [0, 0.05) is 18.9 Å². The van der Waals surface area contributed by atoms with Gasteiger partial charge in [0.2, 0.25) is 11.8 Å². The Hall–Kier alpha value is -1.16. The van der Waals surface area contributed by atoms with E-state index in [4.69, 9.17) is 0 Å². The molecular formula is C12H21NO3. The molecule has 0 spiro atoms. The Labute approximate surface area is 96.9 Å². The van der Waals surface area contributed by atoms with E-state index in [0.29, 0.717) is 6.42 Å². The maximum atomic E-state index is 11.8. The third-order valence-corrected chi connectivity index (χ3v) is 2.28. The van der Waals surface area contributed by atoms with Crippen LogP contribution in [0.25, 0.3) is 0 Å². The van der Waals surface area contributed by atoms with E-state index >= 15 is 0 Å². The highest BCUT2D eigenvalue weighted by atomic mass is 16.3. The van der Waals surface area contributed by atoms with Gasteiger partial charge in [-0.1, -0.05) is 6.08 Å². The van der Waals surface area contributed by atoms with Gasteiger partial charge in [0.1, 0.15) is 0 Å². The maximum absolute atomic E-state index is 11.8. The minimum atomic E-state index is -0.680. The molecule has 0 saturated carbocycles. The van der Waals surface area contributed by atoms with Crippen LogP contribution in [0, 0.1) is 0 Å². The van der Waals surface area contributed by atoms with Crippen LogP contribution in [-0.2, 0) is 9.59 Å². The number of carbonyl (C=O) groups is 2. The summed E-state index contributed by atoms with van der Waals surface area (Å²) in [5.74, 6) is -0.592. The summed E-state index contributed by atoms with van der Waals surface area (Å²) in [7, 11) is 0. The van der Waals surface area contributed by atoms with Crippen LogP contribution in [0.1, 0.15) is 40.5 Å². The number of rotatable bonds is 5. The number of nitrogens with zero attached hydrogens (tertiary/aromatic N) is 1. The predicted octanol–water partition coefficient (Wildman–Crippen LogP) is 1.49. The molecule has 2 amide bonds. The number of aliphatic hydroxyl groups is 1. The van der Waals surface area contributed by atoms with Crippen molar-refractivity contribution < 1.29 is 14.7 Å². The number of aliphatic hydroxyl groups excluding tert-OH is 1. The summed E-state index contributed by atoms with van der Waals surface area (Å²) in [6.07, 6.45) is 1.39. The van der Waals surface area contributed by atoms with E-state index in [1.54, 1.807) is 20.8 Å². The molecule has 0 aromatic rings. The number of carbonyl (C=O) groups excluding carboxylic acids is 2. The lowest BCUT2D eigenvalue weighted by atomic mass is 9.94. The van der Waals surface area contributed by atoms with Crippen LogP contribution in [0.4, 0.5) is 0 Å². The van der Waals surface area contributed by atoms with Crippen LogP contribution >= 0.6 is 0 Å². The van der Waals surface area contributed by atoms with Crippen LogP contribution in [0.15, 0.2) is 12.7 Å². The van der Waals surface area contributed by atoms with Crippen molar-refractivity contribution in [2.24, 2.45) is 0 Å². The van der Waals surface area contributed by atoms with E-state index in [1.165, 1.54) is 17.9 Å². The van der Waals surface area contributed by atoms with Crippen molar-refractivity contribution in [2.45, 2.75) is 52.2 Å². The molecule has 4 nitrogen and oxygen atoms in total. The fourth-order valence-electron chi connectivity index (χ4n) is 1.97. The van der Waals surface area contributed by atoms with Crippen LogP contribution < -0.4 is 0 Å². The number of hydrogen-bond donors (Lipinski definition) is 1. The molecule has 0 aliphatic carbocycles. The van der Waals surface area contributed by atoms with Gasteiger partial charge in [0.05, 0.1) is 6.10 Å². The molecule has 16 heavy (non-hydrogen) atoms. The maximum Gasteiger partial charge on any atom is 0.233 e. The zero-order valence-electron chi connectivity index (χ0n) is 10.5. The van der Waals surface area contributed by atoms with E-state index in [2.05, 4.69) is 6.58 Å². The summed E-state index contributed by atoms with van der Waals surface area (Å²) in [6, 6.07) is 0. The Balaban J connectivity index is 4.96. The van der Waals surface area contributed by atoms with Crippen molar-refractivity contribution in [1.29, 1.82) is 0 Å². The highest BCUT2D eigenvalue weighted by Crippen LogP contribution is 2.22. The molecule has 1 atom stereocenters. The quantitative estimate of drug-likeness (QED) is 0.724. The predicted molar refractivity (Wildman–Crippen MR) is 62.7 cm³/mol. The first-order chi connectivity index (χ1) is 7.22. The van der Waals surface area contributed by atoms with Crippen molar-refractivity contribution in [2.75, 3.05) is 0 Å². The van der Waals surface area contributed by atoms with E-state index in [1.807, 2.05) is 0 Å². The lowest BCUT2D eigenvalue weighted by Gasteiger charge is -2.37. The number of hydrogen-bond acceptors (Lipinski definition) is 3. The molecule has 0 aromatic heterocycles. The van der Waals surface area contributed by atoms with Crippen molar-refractivity contribution in [3.8, 4) is 0 Å². The molecule has 0 bridgehead atoms. The largest absolute Gasteiger partial charge is 0.393 e. The van der Waals surface area contributed by atoms with E-state index in [9.17, 15) is 14.7 Å². The van der Waals surface area contributed by atoms with Crippen LogP contribution in [-0.4, -0.2) is 33.5 Å². The Morgan fingerprint density at radius 2 is 2.00 bits per heavy atom. The van der Waals surface area contributed by atoms with E-state index in [0.717, 1.165) is 0 Å². The van der Waals surface area contributed by atoms with Crippen LogP contribution in [0.3, 0.4) is 0 Å². The molecule has 0 saturated heterocycles. The minimum Gasteiger partial charge on any atom is -0.393 e. The molecular weight excluding hydrogens is 206 g/mol. The Morgan fingerprint density at radius 3 is 2.31 bits per heavy atom. The van der Waals surface area contributed by atoms with Gasteiger partial charge in [-0.15, -0.1) is 6.58 Å². The lowest BCUT2D eigenvalue weighted by molar-refractivity contribution is -0.150. The second kappa shape index (κ2) is 5.80. The fraction of sp³-hybridized carbons (Fsp3) is 0.667. The zero-order chi connectivity index (χ0) is 12.9. The Kier molecular flexibility index (Phi) is 5.38. The first kappa shape index (κ1) is 14.8. The lowest BCUT2D eigenvalue weighted by Crippen LogP contribution is -2.51. The topological polar surface area (TPSA) is 57.6 Å². The van der Waals surface area contributed by atoms with Gasteiger partial charge in [0.25, 0.3) is 0 Å². The van der Waals surface area contributed by atoms with Crippen LogP contribution in [0.5, 0.6) is 0 Å². The van der Waals surface area contributed by atoms with E-state index < -0.39 is 11.6 Å². The zero-order valence-corrected chi connectivity index (χ0v) is 10.5. The second-order valence-corrected chi connectivity index (χ2v) is 4.61. The molecule has 0 aliphatic heterocycles. The van der Waals surface area contributed by atoms with Gasteiger partial charge in [-0.3, -0.25) is 14.5 Å². The Morgan fingerprint density at radius 1 is 1.50 bits per heavy atom. The highest BCUT2D eigenvalue weighted by molar-refractivity contribution is 5.95.